The number of rotatable bonds is 9. The molecule has 6 rings (SSSR count). The van der Waals surface area contributed by atoms with E-state index in [2.05, 4.69) is 15.0 Å². The van der Waals surface area contributed by atoms with E-state index < -0.39 is 30.1 Å². The lowest BCUT2D eigenvalue weighted by atomic mass is 9.85. The predicted molar refractivity (Wildman–Crippen MR) is 161 cm³/mol. The molecule has 250 valence electrons. The van der Waals surface area contributed by atoms with Crippen LogP contribution in [0, 0.1) is 24.7 Å². The van der Waals surface area contributed by atoms with Crippen molar-refractivity contribution in [3.8, 4) is 17.2 Å². The van der Waals surface area contributed by atoms with Crippen molar-refractivity contribution in [1.82, 2.24) is 10.3 Å². The zero-order valence-corrected chi connectivity index (χ0v) is 26.2. The van der Waals surface area contributed by atoms with E-state index in [9.17, 15) is 24.3 Å². The Labute approximate surface area is 267 Å². The number of aromatic nitrogens is 1. The molecule has 4 unspecified atom stereocenters. The van der Waals surface area contributed by atoms with Gasteiger partial charge in [-0.2, -0.15) is 0 Å². The molecular weight excluding hydrogens is 600 g/mol. The first-order valence-corrected chi connectivity index (χ1v) is 16.0. The largest absolute Gasteiger partial charge is 0.518 e. The van der Waals surface area contributed by atoms with Gasteiger partial charge < -0.3 is 38.5 Å². The van der Waals surface area contributed by atoms with E-state index in [1.165, 1.54) is 0 Å². The van der Waals surface area contributed by atoms with E-state index in [1.54, 1.807) is 7.11 Å². The van der Waals surface area contributed by atoms with Crippen molar-refractivity contribution < 1.29 is 52.4 Å². The van der Waals surface area contributed by atoms with Gasteiger partial charge in [0.2, 0.25) is 11.8 Å². The van der Waals surface area contributed by atoms with Gasteiger partial charge in [0.25, 0.3) is 0 Å². The quantitative estimate of drug-likeness (QED) is 0.258. The van der Waals surface area contributed by atoms with E-state index in [1.807, 2.05) is 31.2 Å². The Kier molecular flexibility index (Phi) is 11.2. The number of carboxylic acids is 1. The van der Waals surface area contributed by atoms with Crippen LogP contribution < -0.4 is 10.1 Å². The molecule has 46 heavy (non-hydrogen) atoms. The minimum atomic E-state index is -0.950. The number of aliphatic carboxylic acids is 1. The number of carbonyl (C=O) groups is 4. The lowest BCUT2D eigenvalue weighted by molar-refractivity contribution is -0.146. The second-order valence-electron chi connectivity index (χ2n) is 12.3. The molecule has 13 heteroatoms. The van der Waals surface area contributed by atoms with Gasteiger partial charge in [-0.3, -0.25) is 9.59 Å². The lowest BCUT2D eigenvalue weighted by Gasteiger charge is -2.30. The number of fused-ring (bicyclic) bond motifs is 1. The second kappa shape index (κ2) is 15.4. The Morgan fingerprint density at radius 1 is 0.978 bits per heavy atom. The highest BCUT2D eigenvalue weighted by Gasteiger charge is 2.39. The van der Waals surface area contributed by atoms with Crippen molar-refractivity contribution in [2.45, 2.75) is 96.0 Å². The molecular formula is C33H42N2O11. The summed E-state index contributed by atoms with van der Waals surface area (Å²) in [6.07, 6.45) is 5.81. The zero-order chi connectivity index (χ0) is 32.6. The van der Waals surface area contributed by atoms with Crippen molar-refractivity contribution in [1.29, 1.82) is 0 Å². The maximum Gasteiger partial charge on any atom is 0.518 e. The standard InChI is InChI=1S/C26H34N2O6.C7H8O5/c1-16-23(28-25(34-16)18-7-4-9-20(13-18)32-2)15-33-14-17-6-3-8-19(12-17)27-24(29)21-10-5-11-22(21)26(30)31;8-6-10-4-2-1-3-5(4)11-7(9)12-6/h4,7,9,13,17,19,21-22H,3,5-6,8,10-12,14-15H2,1-2H3,(H,27,29)(H,30,31);4-5H,1-3H2/t;4-,5+. The van der Waals surface area contributed by atoms with Crippen LogP contribution in [-0.4, -0.2) is 66.2 Å². The number of oxazole rings is 1. The van der Waals surface area contributed by atoms with Crippen LogP contribution >= 0.6 is 0 Å². The number of hydrogen-bond donors (Lipinski definition) is 2. The molecule has 1 aromatic heterocycles. The van der Waals surface area contributed by atoms with Crippen molar-refractivity contribution in [2.75, 3.05) is 13.7 Å². The fourth-order valence-electron chi connectivity index (χ4n) is 6.74. The van der Waals surface area contributed by atoms with Crippen LogP contribution in [0.15, 0.2) is 28.7 Å². The molecule has 1 amide bonds. The molecule has 1 saturated heterocycles. The summed E-state index contributed by atoms with van der Waals surface area (Å²) in [5, 5.41) is 12.5. The van der Waals surface area contributed by atoms with Crippen molar-refractivity contribution in [2.24, 2.45) is 17.8 Å². The number of hydrogen-bond acceptors (Lipinski definition) is 11. The highest BCUT2D eigenvalue weighted by atomic mass is 16.8. The fourth-order valence-corrected chi connectivity index (χ4v) is 6.74. The molecule has 13 nitrogen and oxygen atoms in total. The predicted octanol–water partition coefficient (Wildman–Crippen LogP) is 5.56. The van der Waals surface area contributed by atoms with E-state index in [-0.39, 0.29) is 24.2 Å². The molecule has 0 radical (unpaired) electrons. The Morgan fingerprint density at radius 3 is 2.39 bits per heavy atom. The van der Waals surface area contributed by atoms with Crippen LogP contribution in [0.3, 0.4) is 0 Å². The number of carbonyl (C=O) groups excluding carboxylic acids is 3. The van der Waals surface area contributed by atoms with Crippen molar-refractivity contribution in [3.63, 3.8) is 0 Å². The van der Waals surface area contributed by atoms with Gasteiger partial charge in [-0.05, 0) is 82.4 Å². The van der Waals surface area contributed by atoms with Crippen LogP contribution in [-0.2, 0) is 35.1 Å². The number of nitrogens with one attached hydrogen (secondary N) is 1. The lowest BCUT2D eigenvalue weighted by Crippen LogP contribution is -2.43. The SMILES string of the molecule is COc1cccc(-c2nc(COCC3CCCC(NC(=O)C4CCCC4C(=O)O)C3)c(C)o2)c1.O=C1OC(=O)O[C@@H]2CCC[C@@H]2O1. The molecule has 4 aliphatic rings. The molecule has 2 N–H and O–H groups in total. The first-order chi connectivity index (χ1) is 22.2. The third-order valence-electron chi connectivity index (χ3n) is 9.15. The Balaban J connectivity index is 0.000000289. The minimum absolute atomic E-state index is 0.0818. The molecule has 4 fully saturated rings. The summed E-state index contributed by atoms with van der Waals surface area (Å²) in [5.74, 6) is 0.473. The average molecular weight is 643 g/mol. The highest BCUT2D eigenvalue weighted by molar-refractivity contribution is 5.85. The molecule has 1 aromatic carbocycles. The van der Waals surface area contributed by atoms with E-state index in [0.29, 0.717) is 37.9 Å². The summed E-state index contributed by atoms with van der Waals surface area (Å²) < 4.78 is 30.8. The van der Waals surface area contributed by atoms with Crippen molar-refractivity contribution in [3.05, 3.63) is 35.7 Å². The number of cyclic esters (lactones) is 2. The number of benzene rings is 1. The van der Waals surface area contributed by atoms with E-state index >= 15 is 0 Å². The topological polar surface area (TPSA) is 173 Å². The maximum atomic E-state index is 12.7. The third-order valence-corrected chi connectivity index (χ3v) is 9.15. The van der Waals surface area contributed by atoms with Gasteiger partial charge in [0.15, 0.2) is 0 Å². The van der Waals surface area contributed by atoms with Gasteiger partial charge in [0, 0.05) is 18.2 Å². The molecule has 1 aliphatic heterocycles. The van der Waals surface area contributed by atoms with Gasteiger partial charge in [-0.1, -0.05) is 18.9 Å². The van der Waals surface area contributed by atoms with Crippen LogP contribution in [0.25, 0.3) is 11.5 Å². The van der Waals surface area contributed by atoms with Gasteiger partial charge in [-0.25, -0.2) is 14.6 Å². The van der Waals surface area contributed by atoms with Gasteiger partial charge in [-0.15, -0.1) is 0 Å². The number of ether oxygens (including phenoxy) is 5. The average Bonchev–Trinajstić information content (AvgIpc) is 3.77. The number of nitrogens with zero attached hydrogens (tertiary/aromatic N) is 1. The summed E-state index contributed by atoms with van der Waals surface area (Å²) in [6.45, 7) is 2.85. The monoisotopic (exact) mass is 642 g/mol. The summed E-state index contributed by atoms with van der Waals surface area (Å²) in [5.41, 5.74) is 1.63. The first kappa shape index (κ1) is 33.2. The smallest absolute Gasteiger partial charge is 0.497 e. The van der Waals surface area contributed by atoms with Crippen molar-refractivity contribution >= 4 is 24.2 Å². The van der Waals surface area contributed by atoms with Crippen LogP contribution in [0.1, 0.15) is 75.7 Å². The van der Waals surface area contributed by atoms with E-state index in [0.717, 1.165) is 74.1 Å². The molecule has 3 saturated carbocycles. The van der Waals surface area contributed by atoms with Gasteiger partial charge in [0.05, 0.1) is 25.6 Å². The maximum absolute atomic E-state index is 12.7. The second-order valence-corrected chi connectivity index (χ2v) is 12.3. The minimum Gasteiger partial charge on any atom is -0.497 e. The number of aryl methyl sites for hydroxylation is 1. The molecule has 6 atom stereocenters. The van der Waals surface area contributed by atoms with Crippen LogP contribution in [0.5, 0.6) is 5.75 Å². The van der Waals surface area contributed by atoms with Gasteiger partial charge in [0.1, 0.15) is 29.4 Å². The third kappa shape index (κ3) is 8.56. The fraction of sp³-hybridized carbons (Fsp3) is 0.606. The molecule has 0 bridgehead atoms. The molecule has 0 spiro atoms. The Hall–Kier alpha value is -4.13. The summed E-state index contributed by atoms with van der Waals surface area (Å²) in [4.78, 5) is 50.1. The normalized spacial score (nSPS) is 27.2. The number of amides is 1. The highest BCUT2D eigenvalue weighted by Crippen LogP contribution is 2.33. The van der Waals surface area contributed by atoms with Crippen LogP contribution in [0.4, 0.5) is 9.59 Å². The number of methoxy groups -OCH3 is 1. The molecule has 2 heterocycles. The summed E-state index contributed by atoms with van der Waals surface area (Å²) in [7, 11) is 1.63. The molecule has 3 aliphatic carbocycles. The number of carboxylic acid groups (broad SMARTS) is 1. The van der Waals surface area contributed by atoms with Crippen LogP contribution in [0.2, 0.25) is 0 Å². The Morgan fingerprint density at radius 2 is 1.67 bits per heavy atom. The molecule has 2 aromatic rings. The Bertz CT molecular complexity index is 1370. The summed E-state index contributed by atoms with van der Waals surface area (Å²) >= 11 is 0. The van der Waals surface area contributed by atoms with E-state index in [4.69, 9.17) is 23.4 Å². The summed E-state index contributed by atoms with van der Waals surface area (Å²) in [6, 6.07) is 7.67. The van der Waals surface area contributed by atoms with Gasteiger partial charge >= 0.3 is 18.3 Å². The first-order valence-electron chi connectivity index (χ1n) is 16.0. The zero-order valence-electron chi connectivity index (χ0n) is 26.2.